The van der Waals surface area contributed by atoms with Gasteiger partial charge in [-0.3, -0.25) is 0 Å². The molecule has 0 unspecified atom stereocenters. The van der Waals surface area contributed by atoms with E-state index in [0.717, 1.165) is 25.7 Å². The normalized spacial score (nSPS) is 14.5. The summed E-state index contributed by atoms with van der Waals surface area (Å²) in [5, 5.41) is 19.7. The average molecular weight is 272 g/mol. The van der Waals surface area contributed by atoms with Crippen molar-refractivity contribution in [1.29, 1.82) is 0 Å². The van der Waals surface area contributed by atoms with Crippen LogP contribution in [0.4, 0.5) is 0 Å². The summed E-state index contributed by atoms with van der Waals surface area (Å²) in [6.45, 7) is 4.43. The summed E-state index contributed by atoms with van der Waals surface area (Å²) in [5.74, 6) is 0. The van der Waals surface area contributed by atoms with Crippen molar-refractivity contribution in [3.63, 3.8) is 0 Å². The maximum Gasteiger partial charge on any atom is 0.0564 e. The van der Waals surface area contributed by atoms with Crippen molar-refractivity contribution in [2.24, 2.45) is 0 Å². The van der Waals surface area contributed by atoms with Gasteiger partial charge in [-0.2, -0.15) is 0 Å². The van der Waals surface area contributed by atoms with E-state index in [-0.39, 0.29) is 12.2 Å². The quantitative estimate of drug-likeness (QED) is 0.445. The maximum absolute atomic E-state index is 9.86. The molecule has 0 rings (SSSR count). The predicted octanol–water partition coefficient (Wildman–Crippen LogP) is 4.82. The molecule has 0 spiro atoms. The molecule has 2 heteroatoms. The maximum atomic E-state index is 9.86. The van der Waals surface area contributed by atoms with E-state index in [1.165, 1.54) is 51.4 Å². The second-order valence-corrected chi connectivity index (χ2v) is 5.95. The summed E-state index contributed by atoms with van der Waals surface area (Å²) in [5.41, 5.74) is 0. The first-order valence-corrected chi connectivity index (χ1v) is 8.56. The first-order valence-electron chi connectivity index (χ1n) is 8.56. The van der Waals surface area contributed by atoms with Gasteiger partial charge in [-0.1, -0.05) is 78.1 Å². The fourth-order valence-electron chi connectivity index (χ4n) is 2.52. The largest absolute Gasteiger partial charge is 0.393 e. The van der Waals surface area contributed by atoms with Crippen LogP contribution in [0, 0.1) is 0 Å². The fraction of sp³-hybridized carbons (Fsp3) is 1.00. The zero-order valence-electron chi connectivity index (χ0n) is 13.2. The van der Waals surface area contributed by atoms with Crippen LogP contribution in [0.25, 0.3) is 0 Å². The Balaban J connectivity index is 3.34. The van der Waals surface area contributed by atoms with Crippen LogP contribution in [0.2, 0.25) is 0 Å². The molecule has 0 heterocycles. The molecule has 0 fully saturated rings. The molecule has 2 N–H and O–H groups in total. The van der Waals surface area contributed by atoms with Crippen molar-refractivity contribution in [2.75, 3.05) is 0 Å². The lowest BCUT2D eigenvalue weighted by Crippen LogP contribution is -2.17. The van der Waals surface area contributed by atoms with Gasteiger partial charge in [0.25, 0.3) is 0 Å². The van der Waals surface area contributed by atoms with Gasteiger partial charge in [-0.15, -0.1) is 0 Å². The molecule has 0 amide bonds. The second-order valence-electron chi connectivity index (χ2n) is 5.95. The van der Waals surface area contributed by atoms with Crippen molar-refractivity contribution in [3.05, 3.63) is 0 Å². The predicted molar refractivity (Wildman–Crippen MR) is 83.4 cm³/mol. The van der Waals surface area contributed by atoms with E-state index in [0.29, 0.717) is 6.42 Å². The Kier molecular flexibility index (Phi) is 14.3. The Morgan fingerprint density at radius 1 is 0.579 bits per heavy atom. The highest BCUT2D eigenvalue weighted by Crippen LogP contribution is 2.14. The number of aliphatic hydroxyl groups is 2. The fourth-order valence-corrected chi connectivity index (χ4v) is 2.52. The highest BCUT2D eigenvalue weighted by molar-refractivity contribution is 4.64. The van der Waals surface area contributed by atoms with Crippen molar-refractivity contribution in [3.8, 4) is 0 Å². The molecule has 0 radical (unpaired) electrons. The lowest BCUT2D eigenvalue weighted by Gasteiger charge is -2.15. The molecule has 2 nitrogen and oxygen atoms in total. The van der Waals surface area contributed by atoms with Gasteiger partial charge in [0.05, 0.1) is 12.2 Å². The van der Waals surface area contributed by atoms with Gasteiger partial charge in [0.2, 0.25) is 0 Å². The minimum Gasteiger partial charge on any atom is -0.393 e. The van der Waals surface area contributed by atoms with E-state index in [1.807, 2.05) is 0 Å². The Morgan fingerprint density at radius 2 is 0.947 bits per heavy atom. The Morgan fingerprint density at radius 3 is 1.32 bits per heavy atom. The lowest BCUT2D eigenvalue weighted by atomic mass is 10.0. The first-order chi connectivity index (χ1) is 9.20. The van der Waals surface area contributed by atoms with Crippen LogP contribution in [0.3, 0.4) is 0 Å². The van der Waals surface area contributed by atoms with Gasteiger partial charge in [0.1, 0.15) is 0 Å². The molecule has 2 atom stereocenters. The molecular weight excluding hydrogens is 236 g/mol. The SMILES string of the molecule is CCCCCCC[C@@H](O)C[C@H](O)CCCCCCC. The van der Waals surface area contributed by atoms with Crippen LogP contribution in [0.15, 0.2) is 0 Å². The Hall–Kier alpha value is -0.0800. The van der Waals surface area contributed by atoms with Gasteiger partial charge in [0, 0.05) is 0 Å². The number of unbranched alkanes of at least 4 members (excludes halogenated alkanes) is 8. The molecule has 0 aromatic rings. The van der Waals surface area contributed by atoms with Crippen molar-refractivity contribution < 1.29 is 10.2 Å². The standard InChI is InChI=1S/C17H36O2/c1-3-5-7-9-11-13-16(18)15-17(19)14-12-10-8-6-4-2/h16-19H,3-15H2,1-2H3/t16-,17-/m1/s1. The summed E-state index contributed by atoms with van der Waals surface area (Å²) in [6.07, 6.45) is 14.0. The minimum absolute atomic E-state index is 0.299. The Bertz CT molecular complexity index is 153. The highest BCUT2D eigenvalue weighted by Gasteiger charge is 2.11. The van der Waals surface area contributed by atoms with Crippen LogP contribution in [0.5, 0.6) is 0 Å². The molecule has 0 saturated carbocycles. The van der Waals surface area contributed by atoms with E-state index in [9.17, 15) is 10.2 Å². The summed E-state index contributed by atoms with van der Waals surface area (Å²) in [6, 6.07) is 0. The van der Waals surface area contributed by atoms with E-state index < -0.39 is 0 Å². The lowest BCUT2D eigenvalue weighted by molar-refractivity contribution is 0.0680. The van der Waals surface area contributed by atoms with E-state index >= 15 is 0 Å². The highest BCUT2D eigenvalue weighted by atomic mass is 16.3. The van der Waals surface area contributed by atoms with Crippen LogP contribution in [-0.4, -0.2) is 22.4 Å². The van der Waals surface area contributed by atoms with Crippen molar-refractivity contribution >= 4 is 0 Å². The molecule has 19 heavy (non-hydrogen) atoms. The van der Waals surface area contributed by atoms with Gasteiger partial charge in [0.15, 0.2) is 0 Å². The molecule has 0 aliphatic carbocycles. The topological polar surface area (TPSA) is 40.5 Å². The first kappa shape index (κ1) is 18.9. The van der Waals surface area contributed by atoms with E-state index in [4.69, 9.17) is 0 Å². The van der Waals surface area contributed by atoms with Gasteiger partial charge in [-0.25, -0.2) is 0 Å². The molecule has 0 bridgehead atoms. The Labute approximate surface area is 120 Å². The van der Waals surface area contributed by atoms with Gasteiger partial charge in [-0.05, 0) is 19.3 Å². The van der Waals surface area contributed by atoms with E-state index in [2.05, 4.69) is 13.8 Å². The summed E-state index contributed by atoms with van der Waals surface area (Å²) in [7, 11) is 0. The van der Waals surface area contributed by atoms with Crippen LogP contribution < -0.4 is 0 Å². The zero-order chi connectivity index (χ0) is 14.3. The molecule has 116 valence electrons. The molecule has 0 aliphatic rings. The van der Waals surface area contributed by atoms with Gasteiger partial charge < -0.3 is 10.2 Å². The van der Waals surface area contributed by atoms with Crippen molar-refractivity contribution in [1.82, 2.24) is 0 Å². The third-order valence-electron chi connectivity index (χ3n) is 3.83. The second kappa shape index (κ2) is 14.3. The molecular formula is C17H36O2. The molecule has 0 aliphatic heterocycles. The smallest absolute Gasteiger partial charge is 0.0564 e. The summed E-state index contributed by atoms with van der Waals surface area (Å²) < 4.78 is 0. The zero-order valence-corrected chi connectivity index (χ0v) is 13.2. The number of rotatable bonds is 14. The molecule has 0 saturated heterocycles. The summed E-state index contributed by atoms with van der Waals surface area (Å²) >= 11 is 0. The average Bonchev–Trinajstić information content (AvgIpc) is 2.38. The molecule has 0 aromatic heterocycles. The van der Waals surface area contributed by atoms with E-state index in [1.54, 1.807) is 0 Å². The van der Waals surface area contributed by atoms with Crippen LogP contribution in [-0.2, 0) is 0 Å². The number of hydrogen-bond donors (Lipinski definition) is 2. The number of hydrogen-bond acceptors (Lipinski definition) is 2. The molecule has 0 aromatic carbocycles. The number of aliphatic hydroxyl groups excluding tert-OH is 2. The van der Waals surface area contributed by atoms with Crippen molar-refractivity contribution in [2.45, 2.75) is 110 Å². The van der Waals surface area contributed by atoms with Crippen LogP contribution >= 0.6 is 0 Å². The third kappa shape index (κ3) is 14.1. The van der Waals surface area contributed by atoms with Gasteiger partial charge >= 0.3 is 0 Å². The summed E-state index contributed by atoms with van der Waals surface area (Å²) in [4.78, 5) is 0. The van der Waals surface area contributed by atoms with Crippen LogP contribution in [0.1, 0.15) is 97.3 Å². The minimum atomic E-state index is -0.299. The third-order valence-corrected chi connectivity index (χ3v) is 3.83. The monoisotopic (exact) mass is 272 g/mol.